The molecule has 1 N–H and O–H groups in total. The summed E-state index contributed by atoms with van der Waals surface area (Å²) in [5.74, 6) is -1.44. The molecule has 0 unspecified atom stereocenters. The molecule has 0 radical (unpaired) electrons. The third-order valence-electron chi connectivity index (χ3n) is 3.63. The lowest BCUT2D eigenvalue weighted by atomic mass is 10.1. The molecule has 0 heterocycles. The van der Waals surface area contributed by atoms with E-state index >= 15 is 0 Å². The summed E-state index contributed by atoms with van der Waals surface area (Å²) in [6, 6.07) is 2.31. The Hall–Kier alpha value is -1.36. The van der Waals surface area contributed by atoms with E-state index in [1.165, 1.54) is 6.07 Å². The summed E-state index contributed by atoms with van der Waals surface area (Å²) >= 11 is 0. The predicted molar refractivity (Wildman–Crippen MR) is 75.9 cm³/mol. The van der Waals surface area contributed by atoms with Crippen molar-refractivity contribution in [1.29, 1.82) is 0 Å². The van der Waals surface area contributed by atoms with Gasteiger partial charge in [0.25, 0.3) is 8.32 Å². The Labute approximate surface area is 114 Å². The van der Waals surface area contributed by atoms with Crippen molar-refractivity contribution < 1.29 is 18.7 Å². The fourth-order valence-electron chi connectivity index (χ4n) is 1.43. The van der Waals surface area contributed by atoms with Crippen molar-refractivity contribution in [2.24, 2.45) is 0 Å². The number of halogens is 1. The maximum atomic E-state index is 13.3. The van der Waals surface area contributed by atoms with Crippen LogP contribution in [0.3, 0.4) is 0 Å². The highest BCUT2D eigenvalue weighted by Gasteiger charge is 2.40. The summed E-state index contributed by atoms with van der Waals surface area (Å²) in [6.45, 7) is 11.9. The Balaban J connectivity index is 3.32. The van der Waals surface area contributed by atoms with Gasteiger partial charge in [-0.05, 0) is 42.8 Å². The van der Waals surface area contributed by atoms with Gasteiger partial charge in [0.05, 0.1) is 0 Å². The minimum atomic E-state index is -2.16. The lowest BCUT2D eigenvalue weighted by Gasteiger charge is -2.37. The average molecular weight is 284 g/mol. The molecule has 1 aromatic carbocycles. The average Bonchev–Trinajstić information content (AvgIpc) is 2.19. The fraction of sp³-hybridized carbons (Fsp3) is 0.500. The van der Waals surface area contributed by atoms with Gasteiger partial charge in [-0.2, -0.15) is 0 Å². The van der Waals surface area contributed by atoms with E-state index in [4.69, 9.17) is 4.43 Å². The van der Waals surface area contributed by atoms with Crippen molar-refractivity contribution in [2.45, 2.75) is 45.8 Å². The highest BCUT2D eigenvalue weighted by molar-refractivity contribution is 6.74. The first kappa shape index (κ1) is 15.7. The van der Waals surface area contributed by atoms with Gasteiger partial charge in [-0.25, -0.2) is 9.18 Å². The largest absolute Gasteiger partial charge is 0.543 e. The summed E-state index contributed by atoms with van der Waals surface area (Å²) in [6.07, 6.45) is 0. The van der Waals surface area contributed by atoms with Crippen LogP contribution in [0.15, 0.2) is 12.1 Å². The number of benzene rings is 1. The van der Waals surface area contributed by atoms with Crippen molar-refractivity contribution in [3.8, 4) is 5.75 Å². The SMILES string of the molecule is Cc1cc(F)cc(C(=O)O)c1O[Si](C)(C)C(C)(C)C. The number of rotatable bonds is 3. The van der Waals surface area contributed by atoms with Gasteiger partial charge in [-0.3, -0.25) is 0 Å². The fourth-order valence-corrected chi connectivity index (χ4v) is 2.52. The van der Waals surface area contributed by atoms with Gasteiger partial charge in [0.15, 0.2) is 0 Å². The maximum Gasteiger partial charge on any atom is 0.339 e. The summed E-state index contributed by atoms with van der Waals surface area (Å²) < 4.78 is 19.4. The van der Waals surface area contributed by atoms with Gasteiger partial charge in [0, 0.05) is 0 Å². The molecule has 1 aromatic rings. The molecular weight excluding hydrogens is 263 g/mol. The molecule has 0 aliphatic heterocycles. The van der Waals surface area contributed by atoms with Crippen LogP contribution in [0.2, 0.25) is 18.1 Å². The van der Waals surface area contributed by atoms with Gasteiger partial charge in [-0.15, -0.1) is 0 Å². The molecule has 0 aromatic heterocycles. The monoisotopic (exact) mass is 284 g/mol. The molecule has 0 aliphatic carbocycles. The molecule has 106 valence electrons. The van der Waals surface area contributed by atoms with E-state index in [2.05, 4.69) is 20.8 Å². The number of aryl methyl sites for hydroxylation is 1. The van der Waals surface area contributed by atoms with Gasteiger partial charge in [-0.1, -0.05) is 20.8 Å². The summed E-state index contributed by atoms with van der Waals surface area (Å²) in [5, 5.41) is 9.13. The van der Waals surface area contributed by atoms with Crippen LogP contribution in [-0.4, -0.2) is 19.4 Å². The molecular formula is C14H21FO3Si. The highest BCUT2D eigenvalue weighted by Crippen LogP contribution is 2.39. The topological polar surface area (TPSA) is 46.5 Å². The number of carboxylic acids is 1. The molecule has 0 amide bonds. The molecule has 19 heavy (non-hydrogen) atoms. The highest BCUT2D eigenvalue weighted by atomic mass is 28.4. The predicted octanol–water partition coefficient (Wildman–Crippen LogP) is 4.22. The van der Waals surface area contributed by atoms with Crippen molar-refractivity contribution in [1.82, 2.24) is 0 Å². The normalized spacial score (nSPS) is 12.4. The second-order valence-electron chi connectivity index (χ2n) is 6.27. The second-order valence-corrected chi connectivity index (χ2v) is 11.0. The van der Waals surface area contributed by atoms with Crippen LogP contribution in [0, 0.1) is 12.7 Å². The lowest BCUT2D eigenvalue weighted by Crippen LogP contribution is -2.44. The van der Waals surface area contributed by atoms with Gasteiger partial charge in [0.2, 0.25) is 0 Å². The lowest BCUT2D eigenvalue weighted by molar-refractivity contribution is 0.0694. The van der Waals surface area contributed by atoms with Crippen molar-refractivity contribution in [3.63, 3.8) is 0 Å². The van der Waals surface area contributed by atoms with Crippen LogP contribution in [0.5, 0.6) is 5.75 Å². The molecule has 0 atom stereocenters. The van der Waals surface area contributed by atoms with Crippen LogP contribution in [0.25, 0.3) is 0 Å². The van der Waals surface area contributed by atoms with E-state index in [9.17, 15) is 14.3 Å². The molecule has 0 aliphatic rings. The zero-order chi connectivity index (χ0) is 15.0. The zero-order valence-corrected chi connectivity index (χ0v) is 13.3. The minimum absolute atomic E-state index is 0.0520. The molecule has 3 nitrogen and oxygen atoms in total. The molecule has 1 rings (SSSR count). The minimum Gasteiger partial charge on any atom is -0.543 e. The third-order valence-corrected chi connectivity index (χ3v) is 7.96. The number of carboxylic acid groups (broad SMARTS) is 1. The van der Waals surface area contributed by atoms with Crippen LogP contribution in [-0.2, 0) is 0 Å². The van der Waals surface area contributed by atoms with E-state index in [0.717, 1.165) is 6.07 Å². The van der Waals surface area contributed by atoms with Crippen molar-refractivity contribution in [3.05, 3.63) is 29.1 Å². The number of hydrogen-bond donors (Lipinski definition) is 1. The first-order valence-electron chi connectivity index (χ1n) is 6.18. The maximum absolute atomic E-state index is 13.3. The smallest absolute Gasteiger partial charge is 0.339 e. The van der Waals surface area contributed by atoms with Gasteiger partial charge >= 0.3 is 5.97 Å². The van der Waals surface area contributed by atoms with E-state index < -0.39 is 20.1 Å². The quantitative estimate of drug-likeness (QED) is 0.845. The molecule has 0 bridgehead atoms. The van der Waals surface area contributed by atoms with Crippen molar-refractivity contribution in [2.75, 3.05) is 0 Å². The molecule has 5 heteroatoms. The number of carbonyl (C=O) groups is 1. The van der Waals surface area contributed by atoms with E-state index in [-0.39, 0.29) is 10.6 Å². The third kappa shape index (κ3) is 3.35. The standard InChI is InChI=1S/C14H21FO3Si/c1-9-7-10(15)8-11(13(16)17)12(9)18-19(5,6)14(2,3)4/h7-8H,1-6H3,(H,16,17). The molecule has 0 spiro atoms. The van der Waals surface area contributed by atoms with Crippen LogP contribution < -0.4 is 4.43 Å². The first-order valence-corrected chi connectivity index (χ1v) is 9.09. The summed E-state index contributed by atoms with van der Waals surface area (Å²) in [5.41, 5.74) is 0.407. The van der Waals surface area contributed by atoms with Crippen LogP contribution in [0.4, 0.5) is 4.39 Å². The van der Waals surface area contributed by atoms with Crippen LogP contribution >= 0.6 is 0 Å². The van der Waals surface area contributed by atoms with Gasteiger partial charge in [0.1, 0.15) is 17.1 Å². The Bertz CT molecular complexity index is 504. The van der Waals surface area contributed by atoms with Crippen LogP contribution in [0.1, 0.15) is 36.7 Å². The van der Waals surface area contributed by atoms with E-state index in [1.54, 1.807) is 6.92 Å². The van der Waals surface area contributed by atoms with E-state index in [1.807, 2.05) is 13.1 Å². The summed E-state index contributed by atoms with van der Waals surface area (Å²) in [4.78, 5) is 11.2. The molecule has 0 saturated carbocycles. The Morgan fingerprint density at radius 3 is 2.26 bits per heavy atom. The first-order chi connectivity index (χ1) is 8.45. The molecule has 0 saturated heterocycles. The second kappa shape index (κ2) is 4.96. The Morgan fingerprint density at radius 2 is 1.84 bits per heavy atom. The zero-order valence-electron chi connectivity index (χ0n) is 12.3. The summed E-state index contributed by atoms with van der Waals surface area (Å²) in [7, 11) is -2.16. The number of hydrogen-bond acceptors (Lipinski definition) is 2. The van der Waals surface area contributed by atoms with Crippen molar-refractivity contribution >= 4 is 14.3 Å². The number of aromatic carboxylic acids is 1. The van der Waals surface area contributed by atoms with Gasteiger partial charge < -0.3 is 9.53 Å². The van der Waals surface area contributed by atoms with E-state index in [0.29, 0.717) is 11.3 Å². The Kier molecular flexibility index (Phi) is 4.10. The molecule has 0 fully saturated rings. The Morgan fingerprint density at radius 1 is 1.32 bits per heavy atom.